The van der Waals surface area contributed by atoms with Gasteiger partial charge in [0.2, 0.25) is 0 Å². The molecule has 0 aliphatic heterocycles. The summed E-state index contributed by atoms with van der Waals surface area (Å²) >= 11 is 3.38. The Hall–Kier alpha value is -2.93. The van der Waals surface area contributed by atoms with Gasteiger partial charge in [-0.1, -0.05) is 46.3 Å². The predicted molar refractivity (Wildman–Crippen MR) is 106 cm³/mol. The Morgan fingerprint density at radius 1 is 1.11 bits per heavy atom. The fourth-order valence-electron chi connectivity index (χ4n) is 2.52. The standard InChI is InChI=1S/C20H18BrN3O3/c1-13(19(25)24(2)16-6-4-3-5-7-16)27-20(26)18-12-17(22-23-18)14-8-10-15(21)11-9-14/h3-13H,1-2H3,(H,22,23). The highest BCUT2D eigenvalue weighted by molar-refractivity contribution is 9.10. The number of carbonyl (C=O) groups is 2. The van der Waals surface area contributed by atoms with Gasteiger partial charge in [0.05, 0.1) is 5.69 Å². The van der Waals surface area contributed by atoms with Gasteiger partial charge < -0.3 is 9.64 Å². The number of hydrogen-bond acceptors (Lipinski definition) is 4. The van der Waals surface area contributed by atoms with E-state index in [0.717, 1.165) is 15.7 Å². The molecule has 7 heteroatoms. The Kier molecular flexibility index (Phi) is 5.71. The number of para-hydroxylation sites is 1. The molecule has 0 saturated heterocycles. The van der Waals surface area contributed by atoms with Gasteiger partial charge in [0.15, 0.2) is 6.10 Å². The van der Waals surface area contributed by atoms with Crippen LogP contribution in [-0.4, -0.2) is 35.2 Å². The van der Waals surface area contributed by atoms with Crippen LogP contribution >= 0.6 is 15.9 Å². The summed E-state index contributed by atoms with van der Waals surface area (Å²) in [7, 11) is 1.64. The zero-order valence-corrected chi connectivity index (χ0v) is 16.4. The van der Waals surface area contributed by atoms with Crippen LogP contribution in [0.4, 0.5) is 5.69 Å². The first kappa shape index (κ1) is 18.8. The average Bonchev–Trinajstić information content (AvgIpc) is 3.18. The van der Waals surface area contributed by atoms with E-state index in [0.29, 0.717) is 5.69 Å². The van der Waals surface area contributed by atoms with Gasteiger partial charge in [-0.05, 0) is 37.3 Å². The van der Waals surface area contributed by atoms with Gasteiger partial charge in [-0.2, -0.15) is 5.10 Å². The second-order valence-corrected chi connectivity index (χ2v) is 6.87. The van der Waals surface area contributed by atoms with Gasteiger partial charge in [0, 0.05) is 22.8 Å². The van der Waals surface area contributed by atoms with Crippen LogP contribution in [0, 0.1) is 0 Å². The molecule has 0 bridgehead atoms. The molecule has 1 N–H and O–H groups in total. The summed E-state index contributed by atoms with van der Waals surface area (Å²) in [6.07, 6.45) is -0.929. The first-order valence-electron chi connectivity index (χ1n) is 8.30. The maximum atomic E-state index is 12.5. The Labute approximate surface area is 165 Å². The highest BCUT2D eigenvalue weighted by atomic mass is 79.9. The number of hydrogen-bond donors (Lipinski definition) is 1. The smallest absolute Gasteiger partial charge is 0.357 e. The van der Waals surface area contributed by atoms with Gasteiger partial charge in [-0.25, -0.2) is 4.79 Å². The molecule has 1 unspecified atom stereocenters. The number of nitrogens with zero attached hydrogens (tertiary/aromatic N) is 2. The second kappa shape index (κ2) is 8.18. The number of ether oxygens (including phenoxy) is 1. The van der Waals surface area contributed by atoms with Gasteiger partial charge in [-0.3, -0.25) is 9.89 Å². The Morgan fingerprint density at radius 2 is 1.78 bits per heavy atom. The largest absolute Gasteiger partial charge is 0.448 e. The first-order chi connectivity index (χ1) is 13.0. The van der Waals surface area contributed by atoms with Crippen molar-refractivity contribution in [2.75, 3.05) is 11.9 Å². The number of esters is 1. The molecule has 1 atom stereocenters. The molecule has 0 radical (unpaired) electrons. The third-order valence-electron chi connectivity index (χ3n) is 4.04. The summed E-state index contributed by atoms with van der Waals surface area (Å²) in [4.78, 5) is 26.3. The summed E-state index contributed by atoms with van der Waals surface area (Å²) in [5, 5.41) is 6.80. The molecule has 0 fully saturated rings. The van der Waals surface area contributed by atoms with Crippen LogP contribution in [0.2, 0.25) is 0 Å². The Morgan fingerprint density at radius 3 is 2.44 bits per heavy atom. The highest BCUT2D eigenvalue weighted by Crippen LogP contribution is 2.21. The molecule has 0 saturated carbocycles. The zero-order valence-electron chi connectivity index (χ0n) is 14.8. The van der Waals surface area contributed by atoms with Gasteiger partial charge in [0.1, 0.15) is 5.69 Å². The van der Waals surface area contributed by atoms with Crippen LogP contribution in [-0.2, 0) is 9.53 Å². The molecule has 6 nitrogen and oxygen atoms in total. The quantitative estimate of drug-likeness (QED) is 0.623. The molecule has 1 amide bonds. The maximum Gasteiger partial charge on any atom is 0.357 e. The highest BCUT2D eigenvalue weighted by Gasteiger charge is 2.24. The molecule has 138 valence electrons. The fraction of sp³-hybridized carbons (Fsp3) is 0.150. The van der Waals surface area contributed by atoms with Crippen LogP contribution < -0.4 is 4.90 Å². The molecule has 3 rings (SSSR count). The van der Waals surface area contributed by atoms with Crippen LogP contribution in [0.25, 0.3) is 11.3 Å². The van der Waals surface area contributed by atoms with Gasteiger partial charge in [0.25, 0.3) is 5.91 Å². The van der Waals surface area contributed by atoms with E-state index in [1.165, 1.54) is 4.90 Å². The minimum absolute atomic E-state index is 0.190. The topological polar surface area (TPSA) is 75.3 Å². The maximum absolute atomic E-state index is 12.5. The van der Waals surface area contributed by atoms with Crippen molar-refractivity contribution in [3.8, 4) is 11.3 Å². The van der Waals surface area contributed by atoms with Crippen LogP contribution in [0.1, 0.15) is 17.4 Å². The number of amides is 1. The van der Waals surface area contributed by atoms with Crippen molar-refractivity contribution in [2.24, 2.45) is 0 Å². The molecule has 0 aliphatic carbocycles. The lowest BCUT2D eigenvalue weighted by Gasteiger charge is -2.21. The number of H-pyrrole nitrogens is 1. The molecule has 1 heterocycles. The first-order valence-corrected chi connectivity index (χ1v) is 9.10. The summed E-state index contributed by atoms with van der Waals surface area (Å²) < 4.78 is 6.26. The van der Waals surface area contributed by atoms with E-state index in [1.807, 2.05) is 54.6 Å². The van der Waals surface area contributed by atoms with Crippen molar-refractivity contribution in [1.29, 1.82) is 0 Å². The van der Waals surface area contributed by atoms with E-state index in [4.69, 9.17) is 4.74 Å². The fourth-order valence-corrected chi connectivity index (χ4v) is 2.79. The number of likely N-dealkylation sites (N-methyl/N-ethyl adjacent to an activating group) is 1. The molecule has 3 aromatic rings. The summed E-state index contributed by atoms with van der Waals surface area (Å²) in [6.45, 7) is 1.55. The monoisotopic (exact) mass is 427 g/mol. The second-order valence-electron chi connectivity index (χ2n) is 5.95. The SMILES string of the molecule is CC(OC(=O)c1cc(-c2ccc(Br)cc2)n[nH]1)C(=O)N(C)c1ccccc1. The number of benzene rings is 2. The number of rotatable bonds is 5. The lowest BCUT2D eigenvalue weighted by atomic mass is 10.1. The van der Waals surface area contributed by atoms with Gasteiger partial charge in [-0.15, -0.1) is 0 Å². The third-order valence-corrected chi connectivity index (χ3v) is 4.57. The average molecular weight is 428 g/mol. The number of halogens is 1. The van der Waals surface area contributed by atoms with E-state index in [1.54, 1.807) is 20.0 Å². The lowest BCUT2D eigenvalue weighted by Crippen LogP contribution is -2.37. The van der Waals surface area contributed by atoms with Crippen LogP contribution in [0.5, 0.6) is 0 Å². The van der Waals surface area contributed by atoms with E-state index < -0.39 is 12.1 Å². The van der Waals surface area contributed by atoms with Crippen molar-refractivity contribution < 1.29 is 14.3 Å². The van der Waals surface area contributed by atoms with E-state index in [-0.39, 0.29) is 11.6 Å². The van der Waals surface area contributed by atoms with Crippen molar-refractivity contribution in [3.05, 3.63) is 70.8 Å². The van der Waals surface area contributed by atoms with Crippen LogP contribution in [0.15, 0.2) is 65.1 Å². The number of anilines is 1. The zero-order chi connectivity index (χ0) is 19.4. The predicted octanol–water partition coefficient (Wildman–Crippen LogP) is 4.05. The normalized spacial score (nSPS) is 11.7. The summed E-state index contributed by atoms with van der Waals surface area (Å²) in [5.74, 6) is -0.949. The van der Waals surface area contributed by atoms with Crippen molar-refractivity contribution in [1.82, 2.24) is 10.2 Å². The van der Waals surface area contributed by atoms with E-state index >= 15 is 0 Å². The van der Waals surface area contributed by atoms with Crippen molar-refractivity contribution in [3.63, 3.8) is 0 Å². The molecule has 2 aromatic carbocycles. The summed E-state index contributed by atoms with van der Waals surface area (Å²) in [5.41, 5.74) is 2.40. The number of aromatic amines is 1. The van der Waals surface area contributed by atoms with Gasteiger partial charge >= 0.3 is 5.97 Å². The molecule has 27 heavy (non-hydrogen) atoms. The molecule has 1 aromatic heterocycles. The molecule has 0 aliphatic rings. The number of nitrogens with one attached hydrogen (secondary N) is 1. The minimum Gasteiger partial charge on any atom is -0.448 e. The van der Waals surface area contributed by atoms with Crippen molar-refractivity contribution in [2.45, 2.75) is 13.0 Å². The number of carbonyl (C=O) groups excluding carboxylic acids is 2. The summed E-state index contributed by atoms with van der Waals surface area (Å²) in [6, 6.07) is 18.3. The molecule has 0 spiro atoms. The lowest BCUT2D eigenvalue weighted by molar-refractivity contribution is -0.126. The van der Waals surface area contributed by atoms with Crippen molar-refractivity contribution >= 4 is 33.5 Å². The van der Waals surface area contributed by atoms with E-state index in [9.17, 15) is 9.59 Å². The Balaban J connectivity index is 1.66. The van der Waals surface area contributed by atoms with E-state index in [2.05, 4.69) is 26.1 Å². The third kappa shape index (κ3) is 4.43. The molecular weight excluding hydrogens is 410 g/mol. The molecular formula is C20H18BrN3O3. The minimum atomic E-state index is -0.929. The Bertz CT molecular complexity index is 939. The van der Waals surface area contributed by atoms with Crippen LogP contribution in [0.3, 0.4) is 0 Å². The number of aromatic nitrogens is 2.